The molecule has 0 aliphatic carbocycles. The second kappa shape index (κ2) is 6.60. The molecule has 1 atom stereocenters. The van der Waals surface area contributed by atoms with Crippen LogP contribution in [0.4, 0.5) is 5.69 Å². The van der Waals surface area contributed by atoms with Gasteiger partial charge in [-0.3, -0.25) is 4.90 Å². The molecule has 4 heteroatoms. The predicted octanol–water partition coefficient (Wildman–Crippen LogP) is 2.84. The van der Waals surface area contributed by atoms with Crippen molar-refractivity contribution in [2.45, 2.75) is 32.4 Å². The molecule has 3 nitrogen and oxygen atoms in total. The van der Waals surface area contributed by atoms with Crippen LogP contribution in [-0.4, -0.2) is 42.5 Å². The molecule has 106 valence electrons. The van der Waals surface area contributed by atoms with E-state index in [0.717, 1.165) is 19.6 Å². The smallest absolute Gasteiger partial charge is 0.0635 e. The first-order valence-corrected chi connectivity index (χ1v) is 7.44. The zero-order valence-electron chi connectivity index (χ0n) is 11.9. The SMILES string of the molecule is CCC1CN(C)CCCN1Cc1ccc(Cl)c(N)c1. The molecule has 1 aliphatic rings. The van der Waals surface area contributed by atoms with Crippen molar-refractivity contribution in [2.75, 3.05) is 32.4 Å². The van der Waals surface area contributed by atoms with Gasteiger partial charge in [0, 0.05) is 25.7 Å². The van der Waals surface area contributed by atoms with Crippen LogP contribution >= 0.6 is 11.6 Å². The molecule has 1 aliphatic heterocycles. The summed E-state index contributed by atoms with van der Waals surface area (Å²) in [5, 5.41) is 0.645. The van der Waals surface area contributed by atoms with Gasteiger partial charge in [0.15, 0.2) is 0 Å². The number of hydrogen-bond acceptors (Lipinski definition) is 3. The number of nitrogen functional groups attached to an aromatic ring is 1. The highest BCUT2D eigenvalue weighted by Gasteiger charge is 2.21. The van der Waals surface area contributed by atoms with E-state index >= 15 is 0 Å². The third-order valence-corrected chi connectivity index (χ3v) is 4.29. The van der Waals surface area contributed by atoms with Crippen LogP contribution in [0.2, 0.25) is 5.02 Å². The normalized spacial score (nSPS) is 22.4. The van der Waals surface area contributed by atoms with Crippen LogP contribution in [0.25, 0.3) is 0 Å². The Morgan fingerprint density at radius 3 is 2.84 bits per heavy atom. The number of hydrogen-bond donors (Lipinski definition) is 1. The molecule has 0 spiro atoms. The lowest BCUT2D eigenvalue weighted by Gasteiger charge is -2.30. The number of nitrogens with two attached hydrogens (primary N) is 1. The van der Waals surface area contributed by atoms with E-state index in [0.29, 0.717) is 16.8 Å². The minimum atomic E-state index is 0.629. The summed E-state index contributed by atoms with van der Waals surface area (Å²) in [5.74, 6) is 0. The van der Waals surface area contributed by atoms with Gasteiger partial charge < -0.3 is 10.6 Å². The molecule has 1 unspecified atom stereocenters. The van der Waals surface area contributed by atoms with Crippen molar-refractivity contribution in [3.05, 3.63) is 28.8 Å². The molecule has 0 aromatic heterocycles. The van der Waals surface area contributed by atoms with Crippen LogP contribution in [0, 0.1) is 0 Å². The molecule has 0 saturated carbocycles. The lowest BCUT2D eigenvalue weighted by molar-refractivity contribution is 0.176. The van der Waals surface area contributed by atoms with Gasteiger partial charge in [0.25, 0.3) is 0 Å². The van der Waals surface area contributed by atoms with Crippen LogP contribution < -0.4 is 5.73 Å². The Bertz CT molecular complexity index is 422. The van der Waals surface area contributed by atoms with E-state index in [-0.39, 0.29) is 0 Å². The van der Waals surface area contributed by atoms with Crippen molar-refractivity contribution in [2.24, 2.45) is 0 Å². The topological polar surface area (TPSA) is 32.5 Å². The maximum absolute atomic E-state index is 5.98. The Morgan fingerprint density at radius 1 is 1.37 bits per heavy atom. The second-order valence-electron chi connectivity index (χ2n) is 5.50. The Kier molecular flexibility index (Phi) is 5.08. The monoisotopic (exact) mass is 281 g/mol. The van der Waals surface area contributed by atoms with Gasteiger partial charge in [-0.15, -0.1) is 0 Å². The highest BCUT2D eigenvalue weighted by molar-refractivity contribution is 6.33. The van der Waals surface area contributed by atoms with Gasteiger partial charge in [-0.2, -0.15) is 0 Å². The minimum absolute atomic E-state index is 0.629. The number of benzene rings is 1. The van der Waals surface area contributed by atoms with Crippen LogP contribution in [-0.2, 0) is 6.54 Å². The van der Waals surface area contributed by atoms with Crippen molar-refractivity contribution in [3.63, 3.8) is 0 Å². The summed E-state index contributed by atoms with van der Waals surface area (Å²) in [6.45, 7) is 6.74. The first kappa shape index (κ1) is 14.6. The molecule has 1 aromatic rings. The minimum Gasteiger partial charge on any atom is -0.398 e. The van der Waals surface area contributed by atoms with Gasteiger partial charge in [-0.05, 0) is 44.1 Å². The largest absolute Gasteiger partial charge is 0.398 e. The van der Waals surface area contributed by atoms with E-state index in [1.165, 1.54) is 24.9 Å². The van der Waals surface area contributed by atoms with E-state index in [4.69, 9.17) is 17.3 Å². The quantitative estimate of drug-likeness (QED) is 0.865. The fourth-order valence-corrected chi connectivity index (χ4v) is 2.93. The van der Waals surface area contributed by atoms with E-state index in [2.05, 4.69) is 29.8 Å². The summed E-state index contributed by atoms with van der Waals surface area (Å²) in [5.41, 5.74) is 7.82. The molecule has 0 amide bonds. The zero-order valence-corrected chi connectivity index (χ0v) is 12.7. The van der Waals surface area contributed by atoms with Gasteiger partial charge in [0.1, 0.15) is 0 Å². The maximum atomic E-state index is 5.98. The summed E-state index contributed by atoms with van der Waals surface area (Å²) >= 11 is 5.98. The number of halogens is 1. The molecule has 2 rings (SSSR count). The van der Waals surface area contributed by atoms with Gasteiger partial charge in [-0.25, -0.2) is 0 Å². The summed E-state index contributed by atoms with van der Waals surface area (Å²) < 4.78 is 0. The van der Waals surface area contributed by atoms with Crippen molar-refractivity contribution < 1.29 is 0 Å². The average molecular weight is 282 g/mol. The Morgan fingerprint density at radius 2 is 2.16 bits per heavy atom. The van der Waals surface area contributed by atoms with Crippen LogP contribution in [0.15, 0.2) is 18.2 Å². The Labute approximate surface area is 121 Å². The molecule has 1 saturated heterocycles. The molecule has 2 N–H and O–H groups in total. The lowest BCUT2D eigenvalue weighted by Crippen LogP contribution is -2.39. The van der Waals surface area contributed by atoms with Crippen molar-refractivity contribution in [3.8, 4) is 0 Å². The van der Waals surface area contributed by atoms with Gasteiger partial charge in [0.2, 0.25) is 0 Å². The number of anilines is 1. The van der Waals surface area contributed by atoms with Gasteiger partial charge in [-0.1, -0.05) is 24.6 Å². The number of nitrogens with zero attached hydrogens (tertiary/aromatic N) is 2. The second-order valence-corrected chi connectivity index (χ2v) is 5.91. The molecule has 1 heterocycles. The summed E-state index contributed by atoms with van der Waals surface area (Å²) in [7, 11) is 2.21. The first-order chi connectivity index (χ1) is 9.10. The molecule has 1 aromatic carbocycles. The van der Waals surface area contributed by atoms with Crippen LogP contribution in [0.1, 0.15) is 25.3 Å². The maximum Gasteiger partial charge on any atom is 0.0635 e. The number of rotatable bonds is 3. The first-order valence-electron chi connectivity index (χ1n) is 7.06. The average Bonchev–Trinajstić information content (AvgIpc) is 2.56. The van der Waals surface area contributed by atoms with Gasteiger partial charge >= 0.3 is 0 Å². The highest BCUT2D eigenvalue weighted by atomic mass is 35.5. The van der Waals surface area contributed by atoms with Crippen molar-refractivity contribution >= 4 is 17.3 Å². The third-order valence-electron chi connectivity index (χ3n) is 3.94. The molecule has 19 heavy (non-hydrogen) atoms. The summed E-state index contributed by atoms with van der Waals surface area (Å²) in [6, 6.07) is 6.62. The Hall–Kier alpha value is -0.770. The fraction of sp³-hybridized carbons (Fsp3) is 0.600. The van der Waals surface area contributed by atoms with E-state index < -0.39 is 0 Å². The third kappa shape index (κ3) is 3.85. The van der Waals surface area contributed by atoms with Crippen molar-refractivity contribution in [1.29, 1.82) is 0 Å². The van der Waals surface area contributed by atoms with E-state index in [1.54, 1.807) is 0 Å². The standard InChI is InChI=1S/C15H24ClN3/c1-3-13-11-18(2)7-4-8-19(13)10-12-5-6-14(16)15(17)9-12/h5-6,9,13H,3-4,7-8,10-11,17H2,1-2H3. The number of likely N-dealkylation sites (N-methyl/N-ethyl adjacent to an activating group) is 1. The summed E-state index contributed by atoms with van der Waals surface area (Å²) in [6.07, 6.45) is 2.42. The van der Waals surface area contributed by atoms with E-state index in [9.17, 15) is 0 Å². The highest BCUT2D eigenvalue weighted by Crippen LogP contribution is 2.22. The fourth-order valence-electron chi connectivity index (χ4n) is 2.81. The van der Waals surface area contributed by atoms with Crippen LogP contribution in [0.5, 0.6) is 0 Å². The molecular weight excluding hydrogens is 258 g/mol. The zero-order chi connectivity index (χ0) is 13.8. The Balaban J connectivity index is 2.08. The molecule has 1 fully saturated rings. The predicted molar refractivity (Wildman–Crippen MR) is 82.5 cm³/mol. The van der Waals surface area contributed by atoms with E-state index in [1.807, 2.05) is 12.1 Å². The lowest BCUT2D eigenvalue weighted by atomic mass is 10.1. The van der Waals surface area contributed by atoms with Gasteiger partial charge in [0.05, 0.1) is 10.7 Å². The molecule has 0 radical (unpaired) electrons. The van der Waals surface area contributed by atoms with Crippen LogP contribution in [0.3, 0.4) is 0 Å². The molecular formula is C15H24ClN3. The molecule has 0 bridgehead atoms. The summed E-state index contributed by atoms with van der Waals surface area (Å²) in [4.78, 5) is 5.01. The van der Waals surface area contributed by atoms with Crippen molar-refractivity contribution in [1.82, 2.24) is 9.80 Å².